The van der Waals surface area contributed by atoms with Crippen molar-refractivity contribution >= 4 is 17.3 Å². The lowest BCUT2D eigenvalue weighted by Crippen LogP contribution is -2.25. The zero-order valence-corrected chi connectivity index (χ0v) is 10.9. The van der Waals surface area contributed by atoms with E-state index in [1.165, 1.54) is 0 Å². The van der Waals surface area contributed by atoms with Crippen molar-refractivity contribution in [3.05, 3.63) is 28.8 Å². The largest absolute Gasteiger partial charge is 0.370 e. The molecule has 0 saturated carbocycles. The summed E-state index contributed by atoms with van der Waals surface area (Å²) in [4.78, 5) is 2.34. The van der Waals surface area contributed by atoms with Crippen LogP contribution in [0.5, 0.6) is 0 Å². The van der Waals surface area contributed by atoms with Crippen molar-refractivity contribution in [2.24, 2.45) is 5.73 Å². The third kappa shape index (κ3) is 3.39. The average Bonchev–Trinajstić information content (AvgIpc) is 2.29. The van der Waals surface area contributed by atoms with Gasteiger partial charge < -0.3 is 10.6 Å². The SMILES string of the molecule is CCCN(CCC)c1ccc(CN)cc1Cl. The second kappa shape index (κ2) is 6.77. The fourth-order valence-corrected chi connectivity index (χ4v) is 2.15. The van der Waals surface area contributed by atoms with E-state index >= 15 is 0 Å². The molecule has 0 aliphatic carbocycles. The number of rotatable bonds is 6. The molecule has 2 nitrogen and oxygen atoms in total. The Morgan fingerprint density at radius 1 is 1.19 bits per heavy atom. The van der Waals surface area contributed by atoms with Crippen molar-refractivity contribution in [1.82, 2.24) is 0 Å². The molecule has 3 heteroatoms. The molecule has 0 unspecified atom stereocenters. The highest BCUT2D eigenvalue weighted by Crippen LogP contribution is 2.27. The number of nitrogens with zero attached hydrogens (tertiary/aromatic N) is 1. The summed E-state index contributed by atoms with van der Waals surface area (Å²) < 4.78 is 0. The quantitative estimate of drug-likeness (QED) is 0.826. The number of anilines is 1. The van der Waals surface area contributed by atoms with Crippen LogP contribution in [0.2, 0.25) is 5.02 Å². The van der Waals surface area contributed by atoms with Crippen molar-refractivity contribution in [1.29, 1.82) is 0 Å². The molecular weight excluding hydrogens is 220 g/mol. The smallest absolute Gasteiger partial charge is 0.0642 e. The molecule has 1 rings (SSSR count). The van der Waals surface area contributed by atoms with Crippen LogP contribution in [-0.2, 0) is 6.54 Å². The Morgan fingerprint density at radius 2 is 1.81 bits per heavy atom. The second-order valence-corrected chi connectivity index (χ2v) is 4.38. The minimum Gasteiger partial charge on any atom is -0.370 e. The van der Waals surface area contributed by atoms with Crippen LogP contribution in [0.15, 0.2) is 18.2 Å². The molecule has 0 amide bonds. The molecule has 0 aliphatic heterocycles. The van der Waals surface area contributed by atoms with Gasteiger partial charge in [0.15, 0.2) is 0 Å². The summed E-state index contributed by atoms with van der Waals surface area (Å²) >= 11 is 6.28. The number of hydrogen-bond donors (Lipinski definition) is 1. The molecule has 0 bridgehead atoms. The van der Waals surface area contributed by atoms with E-state index in [1.54, 1.807) is 0 Å². The van der Waals surface area contributed by atoms with E-state index in [9.17, 15) is 0 Å². The molecule has 0 aliphatic rings. The van der Waals surface area contributed by atoms with E-state index in [0.717, 1.165) is 42.2 Å². The van der Waals surface area contributed by atoms with Gasteiger partial charge in [0.1, 0.15) is 0 Å². The zero-order chi connectivity index (χ0) is 12.0. The molecule has 2 N–H and O–H groups in total. The van der Waals surface area contributed by atoms with Gasteiger partial charge in [-0.2, -0.15) is 0 Å². The van der Waals surface area contributed by atoms with Gasteiger partial charge in [-0.05, 0) is 30.5 Å². The Kier molecular flexibility index (Phi) is 5.64. The first-order chi connectivity index (χ1) is 7.72. The summed E-state index contributed by atoms with van der Waals surface area (Å²) in [6.45, 7) is 7.02. The third-order valence-electron chi connectivity index (χ3n) is 2.58. The normalized spacial score (nSPS) is 10.5. The summed E-state index contributed by atoms with van der Waals surface area (Å²) in [6.07, 6.45) is 2.27. The van der Waals surface area contributed by atoms with Crippen LogP contribution in [-0.4, -0.2) is 13.1 Å². The summed E-state index contributed by atoms with van der Waals surface area (Å²) in [7, 11) is 0. The van der Waals surface area contributed by atoms with Crippen molar-refractivity contribution in [3.63, 3.8) is 0 Å². The lowest BCUT2D eigenvalue weighted by molar-refractivity contribution is 0.745. The summed E-state index contributed by atoms with van der Waals surface area (Å²) in [5.74, 6) is 0. The topological polar surface area (TPSA) is 29.3 Å². The Labute approximate surface area is 103 Å². The lowest BCUT2D eigenvalue weighted by Gasteiger charge is -2.25. The van der Waals surface area contributed by atoms with Gasteiger partial charge in [-0.25, -0.2) is 0 Å². The molecule has 1 aromatic rings. The van der Waals surface area contributed by atoms with E-state index in [0.29, 0.717) is 6.54 Å². The van der Waals surface area contributed by atoms with Gasteiger partial charge in [0, 0.05) is 19.6 Å². The van der Waals surface area contributed by atoms with Crippen molar-refractivity contribution in [2.45, 2.75) is 33.2 Å². The molecule has 0 aromatic heterocycles. The van der Waals surface area contributed by atoms with Crippen LogP contribution in [0.1, 0.15) is 32.3 Å². The first-order valence-corrected chi connectivity index (χ1v) is 6.34. The highest BCUT2D eigenvalue weighted by molar-refractivity contribution is 6.33. The van der Waals surface area contributed by atoms with Crippen molar-refractivity contribution in [2.75, 3.05) is 18.0 Å². The molecule has 16 heavy (non-hydrogen) atoms. The molecule has 1 aromatic carbocycles. The van der Waals surface area contributed by atoms with E-state index < -0.39 is 0 Å². The molecule has 0 spiro atoms. The lowest BCUT2D eigenvalue weighted by atomic mass is 10.2. The molecular formula is C13H21ClN2. The van der Waals surface area contributed by atoms with Crippen LogP contribution >= 0.6 is 11.6 Å². The monoisotopic (exact) mass is 240 g/mol. The van der Waals surface area contributed by atoms with Gasteiger partial charge in [0.05, 0.1) is 10.7 Å². The van der Waals surface area contributed by atoms with E-state index in [1.807, 2.05) is 6.07 Å². The van der Waals surface area contributed by atoms with E-state index in [2.05, 4.69) is 30.9 Å². The molecule has 0 fully saturated rings. The van der Waals surface area contributed by atoms with Crippen LogP contribution in [0.3, 0.4) is 0 Å². The first-order valence-electron chi connectivity index (χ1n) is 5.96. The van der Waals surface area contributed by atoms with Gasteiger partial charge in [-0.3, -0.25) is 0 Å². The second-order valence-electron chi connectivity index (χ2n) is 3.98. The number of halogens is 1. The highest BCUT2D eigenvalue weighted by atomic mass is 35.5. The van der Waals surface area contributed by atoms with Crippen LogP contribution in [0.4, 0.5) is 5.69 Å². The van der Waals surface area contributed by atoms with Gasteiger partial charge in [0.25, 0.3) is 0 Å². The molecule has 90 valence electrons. The summed E-state index contributed by atoms with van der Waals surface area (Å²) in [6, 6.07) is 6.10. The predicted molar refractivity (Wildman–Crippen MR) is 72.1 cm³/mol. The Bertz CT molecular complexity index is 320. The zero-order valence-electron chi connectivity index (χ0n) is 10.2. The Balaban J connectivity index is 2.90. The number of hydrogen-bond acceptors (Lipinski definition) is 2. The maximum Gasteiger partial charge on any atom is 0.0642 e. The van der Waals surface area contributed by atoms with Gasteiger partial charge in [-0.1, -0.05) is 31.5 Å². The molecule has 0 saturated heterocycles. The molecule has 0 atom stereocenters. The summed E-state index contributed by atoms with van der Waals surface area (Å²) in [5.41, 5.74) is 7.80. The third-order valence-corrected chi connectivity index (χ3v) is 2.88. The van der Waals surface area contributed by atoms with Gasteiger partial charge >= 0.3 is 0 Å². The number of benzene rings is 1. The Hall–Kier alpha value is -0.730. The minimum absolute atomic E-state index is 0.543. The number of nitrogens with two attached hydrogens (primary N) is 1. The van der Waals surface area contributed by atoms with Gasteiger partial charge in [0.2, 0.25) is 0 Å². The summed E-state index contributed by atoms with van der Waals surface area (Å²) in [5, 5.41) is 0.810. The van der Waals surface area contributed by atoms with Crippen LogP contribution in [0.25, 0.3) is 0 Å². The van der Waals surface area contributed by atoms with Gasteiger partial charge in [-0.15, -0.1) is 0 Å². The predicted octanol–water partition coefficient (Wildman–Crippen LogP) is 3.43. The van der Waals surface area contributed by atoms with E-state index in [4.69, 9.17) is 17.3 Å². The fraction of sp³-hybridized carbons (Fsp3) is 0.538. The fourth-order valence-electron chi connectivity index (χ4n) is 1.83. The maximum absolute atomic E-state index is 6.28. The first kappa shape index (κ1) is 13.3. The molecule has 0 heterocycles. The van der Waals surface area contributed by atoms with Crippen LogP contribution < -0.4 is 10.6 Å². The maximum atomic E-state index is 6.28. The average molecular weight is 241 g/mol. The van der Waals surface area contributed by atoms with Crippen LogP contribution in [0, 0.1) is 0 Å². The standard InChI is InChI=1S/C13H21ClN2/c1-3-7-16(8-4-2)13-6-5-11(10-15)9-12(13)14/h5-6,9H,3-4,7-8,10,15H2,1-2H3. The van der Waals surface area contributed by atoms with Crippen molar-refractivity contribution < 1.29 is 0 Å². The minimum atomic E-state index is 0.543. The van der Waals surface area contributed by atoms with Crippen molar-refractivity contribution in [3.8, 4) is 0 Å². The van der Waals surface area contributed by atoms with E-state index in [-0.39, 0.29) is 0 Å². The Morgan fingerprint density at radius 3 is 2.25 bits per heavy atom. The molecule has 0 radical (unpaired) electrons. The highest BCUT2D eigenvalue weighted by Gasteiger charge is 2.08.